The van der Waals surface area contributed by atoms with Crippen molar-refractivity contribution in [3.05, 3.63) is 33.9 Å². The summed E-state index contributed by atoms with van der Waals surface area (Å²) in [6.45, 7) is 3.84. The minimum atomic E-state index is -0.417. The highest BCUT2D eigenvalue weighted by atomic mass is 16.6. The normalized spacial score (nSPS) is 16.0. The number of anilines is 1. The van der Waals surface area contributed by atoms with E-state index in [1.165, 1.54) is 13.1 Å². The quantitative estimate of drug-likeness (QED) is 0.678. The highest BCUT2D eigenvalue weighted by molar-refractivity contribution is 5.95. The zero-order chi connectivity index (χ0) is 14.7. The lowest BCUT2D eigenvalue weighted by atomic mass is 9.98. The number of carbonyl (C=O) groups is 1. The van der Waals surface area contributed by atoms with Gasteiger partial charge in [-0.3, -0.25) is 14.9 Å². The molecule has 0 aromatic heterocycles. The van der Waals surface area contributed by atoms with Gasteiger partial charge in [0.25, 0.3) is 11.6 Å². The molecule has 1 aromatic carbocycles. The standard InChI is InChI=1S/C14H19N3O3/c1-10-5-7-16(8-6-10)12-4-3-11(14(18)15-2)9-13(12)17(19)20/h3-4,9-10H,5-8H2,1-2H3,(H,15,18). The van der Waals surface area contributed by atoms with Crippen LogP contribution in [0.1, 0.15) is 30.1 Å². The van der Waals surface area contributed by atoms with Gasteiger partial charge in [0.1, 0.15) is 5.69 Å². The molecule has 2 rings (SSSR count). The van der Waals surface area contributed by atoms with E-state index in [9.17, 15) is 14.9 Å². The van der Waals surface area contributed by atoms with Gasteiger partial charge in [-0.2, -0.15) is 0 Å². The largest absolute Gasteiger partial charge is 0.366 e. The van der Waals surface area contributed by atoms with Gasteiger partial charge in [0, 0.05) is 31.8 Å². The average Bonchev–Trinajstić information content (AvgIpc) is 2.46. The van der Waals surface area contributed by atoms with Gasteiger partial charge in [0.2, 0.25) is 0 Å². The van der Waals surface area contributed by atoms with Crippen molar-refractivity contribution < 1.29 is 9.72 Å². The Kier molecular flexibility index (Phi) is 4.22. The summed E-state index contributed by atoms with van der Waals surface area (Å²) >= 11 is 0. The fourth-order valence-corrected chi connectivity index (χ4v) is 2.47. The molecular formula is C14H19N3O3. The molecule has 6 heteroatoms. The summed E-state index contributed by atoms with van der Waals surface area (Å²) in [7, 11) is 1.51. The van der Waals surface area contributed by atoms with Crippen molar-refractivity contribution in [2.24, 2.45) is 5.92 Å². The van der Waals surface area contributed by atoms with E-state index in [1.807, 2.05) is 4.90 Å². The van der Waals surface area contributed by atoms with Crippen LogP contribution in [0.5, 0.6) is 0 Å². The first-order chi connectivity index (χ1) is 9.52. The second-order valence-corrected chi connectivity index (χ2v) is 5.21. The molecule has 1 aliphatic heterocycles. The van der Waals surface area contributed by atoms with Crippen LogP contribution < -0.4 is 10.2 Å². The van der Waals surface area contributed by atoms with Crippen LogP contribution in [0.2, 0.25) is 0 Å². The molecular weight excluding hydrogens is 258 g/mol. The lowest BCUT2D eigenvalue weighted by Gasteiger charge is -2.31. The molecule has 1 amide bonds. The van der Waals surface area contributed by atoms with Gasteiger partial charge >= 0.3 is 0 Å². The molecule has 0 aliphatic carbocycles. The number of nitro benzene ring substituents is 1. The van der Waals surface area contributed by atoms with E-state index in [0.29, 0.717) is 17.2 Å². The molecule has 6 nitrogen and oxygen atoms in total. The van der Waals surface area contributed by atoms with Crippen molar-refractivity contribution in [1.29, 1.82) is 0 Å². The third kappa shape index (κ3) is 2.89. The maximum Gasteiger partial charge on any atom is 0.293 e. The Morgan fingerprint density at radius 1 is 1.40 bits per heavy atom. The van der Waals surface area contributed by atoms with Crippen molar-refractivity contribution in [1.82, 2.24) is 5.32 Å². The van der Waals surface area contributed by atoms with Gasteiger partial charge in [-0.25, -0.2) is 0 Å². The van der Waals surface area contributed by atoms with Gasteiger partial charge in [-0.1, -0.05) is 6.92 Å². The molecule has 0 bridgehead atoms. The number of carbonyl (C=O) groups excluding carboxylic acids is 1. The Labute approximate surface area is 117 Å². The third-order valence-corrected chi connectivity index (χ3v) is 3.79. The zero-order valence-electron chi connectivity index (χ0n) is 11.8. The molecule has 1 heterocycles. The fourth-order valence-electron chi connectivity index (χ4n) is 2.47. The summed E-state index contributed by atoms with van der Waals surface area (Å²) in [6.07, 6.45) is 2.07. The molecule has 1 saturated heterocycles. The summed E-state index contributed by atoms with van der Waals surface area (Å²) in [6, 6.07) is 4.67. The van der Waals surface area contributed by atoms with Gasteiger partial charge in [-0.05, 0) is 30.9 Å². The Morgan fingerprint density at radius 3 is 2.60 bits per heavy atom. The average molecular weight is 277 g/mol. The second-order valence-electron chi connectivity index (χ2n) is 5.21. The van der Waals surface area contributed by atoms with E-state index in [0.717, 1.165) is 25.9 Å². The summed E-state index contributed by atoms with van der Waals surface area (Å²) in [5.74, 6) is 0.349. The minimum absolute atomic E-state index is 0.000605. The second kappa shape index (κ2) is 5.90. The predicted octanol–water partition coefficient (Wildman–Crippen LogP) is 2.19. The predicted molar refractivity (Wildman–Crippen MR) is 77.1 cm³/mol. The van der Waals surface area contributed by atoms with Gasteiger partial charge in [0.15, 0.2) is 0 Å². The Balaban J connectivity index is 2.33. The molecule has 1 N–H and O–H groups in total. The minimum Gasteiger partial charge on any atom is -0.366 e. The van der Waals surface area contributed by atoms with Crippen molar-refractivity contribution in [3.8, 4) is 0 Å². The summed E-state index contributed by atoms with van der Waals surface area (Å²) in [5.41, 5.74) is 0.920. The molecule has 1 aliphatic rings. The molecule has 0 radical (unpaired) electrons. The van der Waals surface area contributed by atoms with Crippen molar-refractivity contribution >= 4 is 17.3 Å². The van der Waals surface area contributed by atoms with E-state index in [1.54, 1.807) is 12.1 Å². The van der Waals surface area contributed by atoms with Crippen LogP contribution in [-0.4, -0.2) is 31.0 Å². The lowest BCUT2D eigenvalue weighted by Crippen LogP contribution is -2.33. The van der Waals surface area contributed by atoms with E-state index in [2.05, 4.69) is 12.2 Å². The summed E-state index contributed by atoms with van der Waals surface area (Å²) in [5, 5.41) is 13.7. The fraction of sp³-hybridized carbons (Fsp3) is 0.500. The Bertz CT molecular complexity index is 522. The van der Waals surface area contributed by atoms with Crippen LogP contribution in [0.3, 0.4) is 0 Å². The SMILES string of the molecule is CNC(=O)c1ccc(N2CCC(C)CC2)c([N+](=O)[O-])c1. The Morgan fingerprint density at radius 2 is 2.05 bits per heavy atom. The first-order valence-electron chi connectivity index (χ1n) is 6.78. The number of nitro groups is 1. The summed E-state index contributed by atoms with van der Waals surface area (Å²) in [4.78, 5) is 24.4. The number of piperidine rings is 1. The van der Waals surface area contributed by atoms with Crippen LogP contribution >= 0.6 is 0 Å². The highest BCUT2D eigenvalue weighted by Gasteiger charge is 2.24. The molecule has 0 saturated carbocycles. The third-order valence-electron chi connectivity index (χ3n) is 3.79. The van der Waals surface area contributed by atoms with Crippen LogP contribution in [0.25, 0.3) is 0 Å². The zero-order valence-corrected chi connectivity index (χ0v) is 11.8. The number of amides is 1. The van der Waals surface area contributed by atoms with E-state index < -0.39 is 4.92 Å². The summed E-state index contributed by atoms with van der Waals surface area (Å²) < 4.78 is 0. The van der Waals surface area contributed by atoms with E-state index >= 15 is 0 Å². The molecule has 108 valence electrons. The first kappa shape index (κ1) is 14.3. The molecule has 0 spiro atoms. The molecule has 1 fully saturated rings. The monoisotopic (exact) mass is 277 g/mol. The lowest BCUT2D eigenvalue weighted by molar-refractivity contribution is -0.384. The molecule has 1 aromatic rings. The number of rotatable bonds is 3. The number of benzene rings is 1. The van der Waals surface area contributed by atoms with E-state index in [-0.39, 0.29) is 11.6 Å². The van der Waals surface area contributed by atoms with E-state index in [4.69, 9.17) is 0 Å². The maximum absolute atomic E-state index is 11.6. The van der Waals surface area contributed by atoms with Crippen molar-refractivity contribution in [2.75, 3.05) is 25.0 Å². The number of hydrogen-bond acceptors (Lipinski definition) is 4. The molecule has 20 heavy (non-hydrogen) atoms. The van der Waals surface area contributed by atoms with Crippen LogP contribution in [-0.2, 0) is 0 Å². The first-order valence-corrected chi connectivity index (χ1v) is 6.78. The number of hydrogen-bond donors (Lipinski definition) is 1. The highest BCUT2D eigenvalue weighted by Crippen LogP contribution is 2.32. The van der Waals surface area contributed by atoms with Crippen LogP contribution in [0, 0.1) is 16.0 Å². The van der Waals surface area contributed by atoms with Crippen LogP contribution in [0.15, 0.2) is 18.2 Å². The maximum atomic E-state index is 11.6. The number of nitrogens with zero attached hydrogens (tertiary/aromatic N) is 2. The van der Waals surface area contributed by atoms with Gasteiger partial charge in [-0.15, -0.1) is 0 Å². The number of nitrogens with one attached hydrogen (secondary N) is 1. The van der Waals surface area contributed by atoms with Gasteiger partial charge < -0.3 is 10.2 Å². The van der Waals surface area contributed by atoms with Crippen molar-refractivity contribution in [3.63, 3.8) is 0 Å². The molecule has 0 unspecified atom stereocenters. The van der Waals surface area contributed by atoms with Crippen LogP contribution in [0.4, 0.5) is 11.4 Å². The van der Waals surface area contributed by atoms with Crippen molar-refractivity contribution in [2.45, 2.75) is 19.8 Å². The topological polar surface area (TPSA) is 75.5 Å². The smallest absolute Gasteiger partial charge is 0.293 e. The Hall–Kier alpha value is -2.11. The molecule has 0 atom stereocenters. The van der Waals surface area contributed by atoms with Gasteiger partial charge in [0.05, 0.1) is 4.92 Å².